The molecule has 35 heavy (non-hydrogen) atoms. The van der Waals surface area contributed by atoms with Gasteiger partial charge in [0.25, 0.3) is 0 Å². The van der Waals surface area contributed by atoms with Crippen LogP contribution in [0.15, 0.2) is 36.4 Å². The van der Waals surface area contributed by atoms with E-state index in [-0.39, 0.29) is 24.0 Å². The summed E-state index contributed by atoms with van der Waals surface area (Å²) in [5, 5.41) is 0. The van der Waals surface area contributed by atoms with Crippen molar-refractivity contribution >= 4 is 5.97 Å². The Morgan fingerprint density at radius 2 is 1.60 bits per heavy atom. The Balaban J connectivity index is 1.58. The lowest BCUT2D eigenvalue weighted by Gasteiger charge is -2.29. The normalized spacial score (nSPS) is 18.8. The van der Waals surface area contributed by atoms with Gasteiger partial charge in [-0.05, 0) is 67.7 Å². The van der Waals surface area contributed by atoms with Gasteiger partial charge in [0, 0.05) is 5.56 Å². The SMILES string of the molecule is CCCCCOc1ccc(-c2ccc(C3CCC(OC(=O)[C@@H](F)CCCC)CC3)c(F)c2F)cc1. The van der Waals surface area contributed by atoms with Crippen LogP contribution in [0.2, 0.25) is 0 Å². The first-order chi connectivity index (χ1) is 16.9. The maximum absolute atomic E-state index is 15.0. The summed E-state index contributed by atoms with van der Waals surface area (Å²) in [6.07, 6.45) is 5.04. The van der Waals surface area contributed by atoms with Crippen LogP contribution in [0.25, 0.3) is 11.1 Å². The monoisotopic (exact) mass is 490 g/mol. The molecule has 0 spiro atoms. The second-order valence-electron chi connectivity index (χ2n) is 9.43. The average Bonchev–Trinajstić information content (AvgIpc) is 2.88. The van der Waals surface area contributed by atoms with E-state index in [0.717, 1.165) is 25.7 Å². The lowest BCUT2D eigenvalue weighted by Crippen LogP contribution is -2.28. The Morgan fingerprint density at radius 3 is 2.26 bits per heavy atom. The maximum atomic E-state index is 15.0. The number of alkyl halides is 1. The molecular weight excluding hydrogens is 453 g/mol. The highest BCUT2D eigenvalue weighted by molar-refractivity contribution is 5.74. The highest BCUT2D eigenvalue weighted by atomic mass is 19.2. The Morgan fingerprint density at radius 1 is 0.914 bits per heavy atom. The quantitative estimate of drug-likeness (QED) is 0.222. The zero-order valence-corrected chi connectivity index (χ0v) is 20.8. The smallest absolute Gasteiger partial charge is 0.340 e. The summed E-state index contributed by atoms with van der Waals surface area (Å²) in [7, 11) is 0. The molecule has 0 bridgehead atoms. The van der Waals surface area contributed by atoms with Crippen molar-refractivity contribution in [1.82, 2.24) is 0 Å². The largest absolute Gasteiger partial charge is 0.494 e. The number of hydrogen-bond acceptors (Lipinski definition) is 3. The van der Waals surface area contributed by atoms with Gasteiger partial charge in [0.15, 0.2) is 17.8 Å². The van der Waals surface area contributed by atoms with Gasteiger partial charge in [0.1, 0.15) is 11.9 Å². The summed E-state index contributed by atoms with van der Waals surface area (Å²) in [5.41, 5.74) is 1.15. The van der Waals surface area contributed by atoms with Gasteiger partial charge in [-0.15, -0.1) is 0 Å². The first-order valence-corrected chi connectivity index (χ1v) is 13.0. The summed E-state index contributed by atoms with van der Waals surface area (Å²) in [6, 6.07) is 10.3. The van der Waals surface area contributed by atoms with Gasteiger partial charge < -0.3 is 9.47 Å². The minimum atomic E-state index is -1.59. The lowest BCUT2D eigenvalue weighted by atomic mass is 9.82. The number of halogens is 3. The molecule has 0 saturated heterocycles. The predicted octanol–water partition coefficient (Wildman–Crippen LogP) is 8.30. The molecule has 2 aromatic carbocycles. The average molecular weight is 491 g/mol. The third-order valence-electron chi connectivity index (χ3n) is 6.76. The van der Waals surface area contributed by atoms with Crippen molar-refractivity contribution in [3.05, 3.63) is 53.6 Å². The van der Waals surface area contributed by atoms with Crippen LogP contribution in [0.4, 0.5) is 13.2 Å². The van der Waals surface area contributed by atoms with Gasteiger partial charge in [-0.2, -0.15) is 0 Å². The van der Waals surface area contributed by atoms with Crippen LogP contribution in [0.1, 0.15) is 89.5 Å². The fourth-order valence-electron chi connectivity index (χ4n) is 4.61. The van der Waals surface area contributed by atoms with Crippen molar-refractivity contribution in [3.63, 3.8) is 0 Å². The fourth-order valence-corrected chi connectivity index (χ4v) is 4.61. The van der Waals surface area contributed by atoms with Gasteiger partial charge >= 0.3 is 5.97 Å². The van der Waals surface area contributed by atoms with Gasteiger partial charge in [0.2, 0.25) is 0 Å². The Hall–Kier alpha value is -2.50. The van der Waals surface area contributed by atoms with Crippen molar-refractivity contribution in [2.75, 3.05) is 6.61 Å². The van der Waals surface area contributed by atoms with Crippen molar-refractivity contribution < 1.29 is 27.4 Å². The molecule has 3 rings (SSSR count). The van der Waals surface area contributed by atoms with E-state index in [4.69, 9.17) is 9.47 Å². The Kier molecular flexibility index (Phi) is 10.5. The highest BCUT2D eigenvalue weighted by Gasteiger charge is 2.30. The second kappa shape index (κ2) is 13.6. The third kappa shape index (κ3) is 7.49. The molecule has 0 aliphatic heterocycles. The first-order valence-electron chi connectivity index (χ1n) is 13.0. The highest BCUT2D eigenvalue weighted by Crippen LogP contribution is 2.38. The molecular formula is C29H37F3O3. The third-order valence-corrected chi connectivity index (χ3v) is 6.76. The summed E-state index contributed by atoms with van der Waals surface area (Å²) in [4.78, 5) is 11.9. The fraction of sp³-hybridized carbons (Fsp3) is 0.552. The van der Waals surface area contributed by atoms with Crippen molar-refractivity contribution in [2.24, 2.45) is 0 Å². The van der Waals surface area contributed by atoms with Crippen LogP contribution in [-0.2, 0) is 9.53 Å². The van der Waals surface area contributed by atoms with E-state index in [0.29, 0.717) is 55.6 Å². The minimum absolute atomic E-state index is 0.159. The van der Waals surface area contributed by atoms with Crippen LogP contribution in [0.3, 0.4) is 0 Å². The second-order valence-corrected chi connectivity index (χ2v) is 9.43. The van der Waals surface area contributed by atoms with Crippen molar-refractivity contribution in [1.29, 1.82) is 0 Å². The van der Waals surface area contributed by atoms with E-state index >= 15 is 8.78 Å². The molecule has 2 aromatic rings. The summed E-state index contributed by atoms with van der Waals surface area (Å²) in [6.45, 7) is 4.71. The molecule has 1 aliphatic rings. The molecule has 1 aliphatic carbocycles. The molecule has 0 amide bonds. The van der Waals surface area contributed by atoms with Gasteiger partial charge in [-0.1, -0.05) is 63.8 Å². The van der Waals surface area contributed by atoms with E-state index in [1.807, 2.05) is 6.92 Å². The maximum Gasteiger partial charge on any atom is 0.340 e. The number of carbonyl (C=O) groups excluding carboxylic acids is 1. The molecule has 1 atom stereocenters. The number of benzene rings is 2. The molecule has 0 radical (unpaired) electrons. The Bertz CT molecular complexity index is 937. The van der Waals surface area contributed by atoms with Crippen molar-refractivity contribution in [2.45, 2.75) is 96.2 Å². The van der Waals surface area contributed by atoms with Crippen LogP contribution < -0.4 is 4.74 Å². The first kappa shape index (κ1) is 27.1. The zero-order chi connectivity index (χ0) is 25.2. The molecule has 3 nitrogen and oxygen atoms in total. The van der Waals surface area contributed by atoms with E-state index in [1.54, 1.807) is 36.4 Å². The predicted molar refractivity (Wildman–Crippen MR) is 132 cm³/mol. The molecule has 0 heterocycles. The van der Waals surface area contributed by atoms with Gasteiger partial charge in [-0.3, -0.25) is 0 Å². The van der Waals surface area contributed by atoms with Crippen LogP contribution in [0.5, 0.6) is 5.75 Å². The summed E-state index contributed by atoms with van der Waals surface area (Å²) in [5.74, 6) is -1.94. The standard InChI is InChI=1S/C29H37F3O3/c1-3-5-7-19-34-22-13-9-20(10-14-22)24-17-18-25(28(32)27(24)31)21-11-15-23(16-12-21)35-29(33)26(30)8-6-4-2/h9-10,13-14,17-18,21,23,26H,3-8,11-12,15-16,19H2,1-2H3/t21?,23?,26-/m0/s1. The number of rotatable bonds is 12. The number of carbonyl (C=O) groups is 1. The number of ether oxygens (including phenoxy) is 2. The van der Waals surface area contributed by atoms with Crippen LogP contribution >= 0.6 is 0 Å². The molecule has 1 saturated carbocycles. The molecule has 0 N–H and O–H groups in total. The molecule has 6 heteroatoms. The van der Waals surface area contributed by atoms with Gasteiger partial charge in [-0.25, -0.2) is 18.0 Å². The Labute approximate surface area is 207 Å². The number of esters is 1. The van der Waals surface area contributed by atoms with E-state index < -0.39 is 23.8 Å². The topological polar surface area (TPSA) is 35.5 Å². The number of unbranched alkanes of at least 4 members (excludes halogenated alkanes) is 3. The van der Waals surface area contributed by atoms with E-state index in [1.165, 1.54) is 0 Å². The van der Waals surface area contributed by atoms with E-state index in [9.17, 15) is 9.18 Å². The molecule has 1 fully saturated rings. The van der Waals surface area contributed by atoms with Crippen LogP contribution in [-0.4, -0.2) is 24.9 Å². The zero-order valence-electron chi connectivity index (χ0n) is 20.8. The molecule has 0 aromatic heterocycles. The van der Waals surface area contributed by atoms with Gasteiger partial charge in [0.05, 0.1) is 6.61 Å². The summed E-state index contributed by atoms with van der Waals surface area (Å²) >= 11 is 0. The number of hydrogen-bond donors (Lipinski definition) is 0. The van der Waals surface area contributed by atoms with Crippen molar-refractivity contribution in [3.8, 4) is 16.9 Å². The lowest BCUT2D eigenvalue weighted by molar-refractivity contribution is -0.157. The van der Waals surface area contributed by atoms with E-state index in [2.05, 4.69) is 6.92 Å². The minimum Gasteiger partial charge on any atom is -0.494 e. The summed E-state index contributed by atoms with van der Waals surface area (Å²) < 4.78 is 55.0. The molecule has 192 valence electrons. The molecule has 0 unspecified atom stereocenters. The van der Waals surface area contributed by atoms with Crippen LogP contribution in [0, 0.1) is 11.6 Å².